The first kappa shape index (κ1) is 13.6. The minimum Gasteiger partial charge on any atom is -0.465 e. The van der Waals surface area contributed by atoms with Crippen LogP contribution in [0.25, 0.3) is 0 Å². The number of hydrogen-bond acceptors (Lipinski definition) is 4. The highest BCUT2D eigenvalue weighted by atomic mass is 16.5. The number of aromatic nitrogens is 1. The molecule has 0 unspecified atom stereocenters. The van der Waals surface area contributed by atoms with Crippen molar-refractivity contribution in [2.45, 2.75) is 26.8 Å². The summed E-state index contributed by atoms with van der Waals surface area (Å²) in [5.74, 6) is -0.170. The molecule has 1 aromatic rings. The summed E-state index contributed by atoms with van der Waals surface area (Å²) in [5, 5.41) is 0. The van der Waals surface area contributed by atoms with Crippen LogP contribution in [0, 0.1) is 0 Å². The van der Waals surface area contributed by atoms with E-state index in [1.54, 1.807) is 6.20 Å². The maximum absolute atomic E-state index is 11.4. The number of esters is 1. The predicted octanol–water partition coefficient (Wildman–Crippen LogP) is 1.86. The van der Waals surface area contributed by atoms with Gasteiger partial charge in [0, 0.05) is 12.7 Å². The van der Waals surface area contributed by atoms with Crippen LogP contribution in [0.15, 0.2) is 24.4 Å². The van der Waals surface area contributed by atoms with Gasteiger partial charge < -0.3 is 4.74 Å². The molecule has 0 aliphatic rings. The molecule has 1 aromatic heterocycles. The number of carbonyl (C=O) groups excluding carboxylic acids is 1. The number of carbonyl (C=O) groups is 1. The number of hydrogen-bond donors (Lipinski definition) is 0. The van der Waals surface area contributed by atoms with Crippen LogP contribution in [0.5, 0.6) is 0 Å². The van der Waals surface area contributed by atoms with E-state index in [0.29, 0.717) is 19.7 Å². The smallest absolute Gasteiger partial charge is 0.320 e. The Morgan fingerprint density at radius 1 is 1.41 bits per heavy atom. The highest BCUT2D eigenvalue weighted by Crippen LogP contribution is 2.02. The van der Waals surface area contributed by atoms with Crippen molar-refractivity contribution in [2.24, 2.45) is 0 Å². The monoisotopic (exact) mass is 236 g/mol. The first-order valence-electron chi connectivity index (χ1n) is 6.04. The van der Waals surface area contributed by atoms with Crippen molar-refractivity contribution in [2.75, 3.05) is 19.7 Å². The summed E-state index contributed by atoms with van der Waals surface area (Å²) >= 11 is 0. The molecule has 0 amide bonds. The van der Waals surface area contributed by atoms with Gasteiger partial charge in [-0.15, -0.1) is 0 Å². The molecule has 94 valence electrons. The number of ether oxygens (including phenoxy) is 1. The predicted molar refractivity (Wildman–Crippen MR) is 66.4 cm³/mol. The fraction of sp³-hybridized carbons (Fsp3) is 0.538. The molecule has 0 spiro atoms. The van der Waals surface area contributed by atoms with Crippen molar-refractivity contribution in [3.05, 3.63) is 30.1 Å². The Balaban J connectivity index is 2.51. The van der Waals surface area contributed by atoms with E-state index in [0.717, 1.165) is 18.7 Å². The summed E-state index contributed by atoms with van der Waals surface area (Å²) in [5.41, 5.74) is 0.977. The molecule has 4 heteroatoms. The Morgan fingerprint density at radius 2 is 2.24 bits per heavy atom. The molecule has 0 fully saturated rings. The van der Waals surface area contributed by atoms with Crippen molar-refractivity contribution < 1.29 is 9.53 Å². The minimum atomic E-state index is -0.170. The molecule has 0 N–H and O–H groups in total. The second-order valence-electron chi connectivity index (χ2n) is 3.84. The van der Waals surface area contributed by atoms with Gasteiger partial charge in [-0.3, -0.25) is 14.7 Å². The first-order chi connectivity index (χ1) is 8.26. The lowest BCUT2D eigenvalue weighted by Crippen LogP contribution is -2.31. The lowest BCUT2D eigenvalue weighted by molar-refractivity contribution is -0.144. The SMILES string of the molecule is CCCN(CC(=O)OCC)Cc1ccccn1. The van der Waals surface area contributed by atoms with Gasteiger partial charge in [0.1, 0.15) is 0 Å². The fourth-order valence-electron chi connectivity index (χ4n) is 1.64. The zero-order chi connectivity index (χ0) is 12.5. The summed E-state index contributed by atoms with van der Waals surface area (Å²) < 4.78 is 4.96. The maximum atomic E-state index is 11.4. The van der Waals surface area contributed by atoms with E-state index in [9.17, 15) is 4.79 Å². The third-order valence-corrected chi connectivity index (χ3v) is 2.31. The Bertz CT molecular complexity index is 327. The van der Waals surface area contributed by atoms with Crippen LogP contribution in [0.1, 0.15) is 26.0 Å². The average Bonchev–Trinajstić information content (AvgIpc) is 2.31. The number of nitrogens with zero attached hydrogens (tertiary/aromatic N) is 2. The van der Waals surface area contributed by atoms with Crippen molar-refractivity contribution in [3.8, 4) is 0 Å². The Hall–Kier alpha value is -1.42. The van der Waals surface area contributed by atoms with Crippen molar-refractivity contribution >= 4 is 5.97 Å². The molecular formula is C13H20N2O2. The van der Waals surface area contributed by atoms with Gasteiger partial charge in [-0.2, -0.15) is 0 Å². The van der Waals surface area contributed by atoms with Crippen LogP contribution in [0.3, 0.4) is 0 Å². The molecule has 17 heavy (non-hydrogen) atoms. The molecular weight excluding hydrogens is 216 g/mol. The third-order valence-electron chi connectivity index (χ3n) is 2.31. The van der Waals surface area contributed by atoms with E-state index in [2.05, 4.69) is 16.8 Å². The van der Waals surface area contributed by atoms with E-state index >= 15 is 0 Å². The van der Waals surface area contributed by atoms with Gasteiger partial charge in [0.25, 0.3) is 0 Å². The van der Waals surface area contributed by atoms with Crippen LogP contribution in [-0.4, -0.2) is 35.5 Å². The third kappa shape index (κ3) is 5.45. The standard InChI is InChI=1S/C13H20N2O2/c1-3-9-15(11-13(16)17-4-2)10-12-7-5-6-8-14-12/h5-8H,3-4,9-11H2,1-2H3. The lowest BCUT2D eigenvalue weighted by Gasteiger charge is -2.19. The molecule has 0 atom stereocenters. The summed E-state index contributed by atoms with van der Waals surface area (Å²) in [6.07, 6.45) is 2.77. The Kier molecular flexibility index (Phi) is 6.25. The lowest BCUT2D eigenvalue weighted by atomic mass is 10.3. The van der Waals surface area contributed by atoms with Crippen LogP contribution in [-0.2, 0) is 16.1 Å². The van der Waals surface area contributed by atoms with E-state index in [-0.39, 0.29) is 5.97 Å². The van der Waals surface area contributed by atoms with Crippen molar-refractivity contribution in [3.63, 3.8) is 0 Å². The molecule has 0 aromatic carbocycles. The molecule has 1 rings (SSSR count). The molecule has 0 aliphatic carbocycles. The van der Waals surface area contributed by atoms with E-state index < -0.39 is 0 Å². The molecule has 0 aliphatic heterocycles. The minimum absolute atomic E-state index is 0.170. The van der Waals surface area contributed by atoms with Gasteiger partial charge in [-0.05, 0) is 32.0 Å². The fourth-order valence-corrected chi connectivity index (χ4v) is 1.64. The first-order valence-corrected chi connectivity index (χ1v) is 6.04. The molecule has 1 heterocycles. The van der Waals surface area contributed by atoms with Gasteiger partial charge in [0.2, 0.25) is 0 Å². The molecule has 0 radical (unpaired) electrons. The van der Waals surface area contributed by atoms with Crippen LogP contribution in [0.4, 0.5) is 0 Å². The Labute approximate surface area is 103 Å². The summed E-state index contributed by atoms with van der Waals surface area (Å²) in [6, 6.07) is 5.81. The topological polar surface area (TPSA) is 42.4 Å². The van der Waals surface area contributed by atoms with Crippen LogP contribution >= 0.6 is 0 Å². The second kappa shape index (κ2) is 7.79. The number of rotatable bonds is 7. The zero-order valence-electron chi connectivity index (χ0n) is 10.6. The largest absolute Gasteiger partial charge is 0.465 e. The normalized spacial score (nSPS) is 10.5. The average molecular weight is 236 g/mol. The quantitative estimate of drug-likeness (QED) is 0.678. The molecule has 0 saturated heterocycles. The van der Waals surface area contributed by atoms with Gasteiger partial charge in [-0.1, -0.05) is 13.0 Å². The zero-order valence-corrected chi connectivity index (χ0v) is 10.6. The van der Waals surface area contributed by atoms with Gasteiger partial charge in [0.05, 0.1) is 18.8 Å². The van der Waals surface area contributed by atoms with Crippen molar-refractivity contribution in [1.29, 1.82) is 0 Å². The van der Waals surface area contributed by atoms with E-state index in [1.807, 2.05) is 25.1 Å². The molecule has 4 nitrogen and oxygen atoms in total. The highest BCUT2D eigenvalue weighted by molar-refractivity contribution is 5.71. The maximum Gasteiger partial charge on any atom is 0.320 e. The highest BCUT2D eigenvalue weighted by Gasteiger charge is 2.11. The summed E-state index contributed by atoms with van der Waals surface area (Å²) in [4.78, 5) is 17.8. The van der Waals surface area contributed by atoms with Gasteiger partial charge in [-0.25, -0.2) is 0 Å². The van der Waals surface area contributed by atoms with E-state index in [1.165, 1.54) is 0 Å². The van der Waals surface area contributed by atoms with E-state index in [4.69, 9.17) is 4.74 Å². The number of pyridine rings is 1. The summed E-state index contributed by atoms with van der Waals surface area (Å²) in [6.45, 7) is 6.24. The van der Waals surface area contributed by atoms with Crippen LogP contribution in [0.2, 0.25) is 0 Å². The van der Waals surface area contributed by atoms with Crippen LogP contribution < -0.4 is 0 Å². The van der Waals surface area contributed by atoms with Gasteiger partial charge in [0.15, 0.2) is 0 Å². The van der Waals surface area contributed by atoms with Crippen molar-refractivity contribution in [1.82, 2.24) is 9.88 Å². The molecule has 0 bridgehead atoms. The molecule has 0 saturated carbocycles. The summed E-state index contributed by atoms with van der Waals surface area (Å²) in [7, 11) is 0. The second-order valence-corrected chi connectivity index (χ2v) is 3.84. The van der Waals surface area contributed by atoms with Gasteiger partial charge >= 0.3 is 5.97 Å². The Morgan fingerprint density at radius 3 is 2.82 bits per heavy atom.